The fraction of sp³-hybridized carbons (Fsp3) is 0.440. The first kappa shape index (κ1) is 20.5. The van der Waals surface area contributed by atoms with Gasteiger partial charge in [0.15, 0.2) is 0 Å². The Balaban J connectivity index is 1.15. The molecule has 0 atom stereocenters. The fourth-order valence-corrected chi connectivity index (χ4v) is 4.48. The molecule has 1 saturated carbocycles. The van der Waals surface area contributed by atoms with E-state index in [9.17, 15) is 9.59 Å². The van der Waals surface area contributed by atoms with Crippen molar-refractivity contribution in [1.82, 2.24) is 15.5 Å². The van der Waals surface area contributed by atoms with E-state index in [4.69, 9.17) is 0 Å². The lowest BCUT2D eigenvalue weighted by Crippen LogP contribution is -2.41. The van der Waals surface area contributed by atoms with Crippen LogP contribution in [0.5, 0.6) is 0 Å². The van der Waals surface area contributed by atoms with E-state index in [1.165, 1.54) is 22.3 Å². The number of fused-ring (bicyclic) bond motifs is 1. The zero-order valence-electron chi connectivity index (χ0n) is 17.7. The first-order chi connectivity index (χ1) is 14.6. The second-order valence-corrected chi connectivity index (χ2v) is 8.64. The van der Waals surface area contributed by atoms with Gasteiger partial charge < -0.3 is 15.5 Å². The van der Waals surface area contributed by atoms with Crippen LogP contribution in [0, 0.1) is 6.92 Å². The van der Waals surface area contributed by atoms with Crippen molar-refractivity contribution in [3.63, 3.8) is 0 Å². The van der Waals surface area contributed by atoms with Crippen molar-refractivity contribution in [2.45, 2.75) is 51.0 Å². The summed E-state index contributed by atoms with van der Waals surface area (Å²) in [5, 5.41) is 5.93. The summed E-state index contributed by atoms with van der Waals surface area (Å²) >= 11 is 0. The van der Waals surface area contributed by atoms with Gasteiger partial charge in [-0.2, -0.15) is 0 Å². The van der Waals surface area contributed by atoms with Gasteiger partial charge in [-0.3, -0.25) is 4.79 Å². The largest absolute Gasteiger partial charge is 0.338 e. The zero-order valence-corrected chi connectivity index (χ0v) is 17.7. The molecule has 0 bridgehead atoms. The third-order valence-corrected chi connectivity index (χ3v) is 6.49. The molecule has 2 aromatic carbocycles. The van der Waals surface area contributed by atoms with E-state index in [0.29, 0.717) is 32.5 Å². The molecule has 1 fully saturated rings. The Hall–Kier alpha value is -2.82. The Morgan fingerprint density at radius 1 is 1.00 bits per heavy atom. The SMILES string of the molecule is Cc1ccccc1C1(CNC(=O)NCCCC(=O)N2CCc3ccccc3C2)CC1. The van der Waals surface area contributed by atoms with Crippen LogP contribution in [0.4, 0.5) is 4.79 Å². The summed E-state index contributed by atoms with van der Waals surface area (Å²) in [4.78, 5) is 26.6. The number of aryl methyl sites for hydroxylation is 1. The van der Waals surface area contributed by atoms with Gasteiger partial charge in [-0.1, -0.05) is 48.5 Å². The van der Waals surface area contributed by atoms with Gasteiger partial charge in [0.2, 0.25) is 5.91 Å². The Morgan fingerprint density at radius 3 is 2.50 bits per heavy atom. The van der Waals surface area contributed by atoms with E-state index < -0.39 is 0 Å². The molecule has 0 spiro atoms. The van der Waals surface area contributed by atoms with Gasteiger partial charge in [0.25, 0.3) is 0 Å². The highest BCUT2D eigenvalue weighted by Crippen LogP contribution is 2.48. The van der Waals surface area contributed by atoms with Crippen LogP contribution in [-0.2, 0) is 23.2 Å². The van der Waals surface area contributed by atoms with Gasteiger partial charge >= 0.3 is 6.03 Å². The summed E-state index contributed by atoms with van der Waals surface area (Å²) in [5.41, 5.74) is 5.33. The predicted octanol–water partition coefficient (Wildman–Crippen LogP) is 3.69. The van der Waals surface area contributed by atoms with Crippen LogP contribution in [0.25, 0.3) is 0 Å². The third kappa shape index (κ3) is 4.66. The van der Waals surface area contributed by atoms with Crippen molar-refractivity contribution in [3.8, 4) is 0 Å². The average molecular weight is 406 g/mol. The summed E-state index contributed by atoms with van der Waals surface area (Å²) in [6.45, 7) is 4.79. The summed E-state index contributed by atoms with van der Waals surface area (Å²) < 4.78 is 0. The molecule has 5 nitrogen and oxygen atoms in total. The molecule has 3 amide bonds. The van der Waals surface area contributed by atoms with Gasteiger partial charge in [-0.05, 0) is 54.9 Å². The molecule has 2 N–H and O–H groups in total. The molecule has 5 heteroatoms. The molecule has 1 aliphatic carbocycles. The number of benzene rings is 2. The highest BCUT2D eigenvalue weighted by atomic mass is 16.2. The first-order valence-corrected chi connectivity index (χ1v) is 11.0. The molecule has 1 aliphatic heterocycles. The summed E-state index contributed by atoms with van der Waals surface area (Å²) in [6.07, 6.45) is 4.28. The number of nitrogens with zero attached hydrogens (tertiary/aromatic N) is 1. The first-order valence-electron chi connectivity index (χ1n) is 11.0. The van der Waals surface area contributed by atoms with Gasteiger partial charge in [0.05, 0.1) is 0 Å². The second-order valence-electron chi connectivity index (χ2n) is 8.64. The second kappa shape index (κ2) is 8.90. The molecule has 158 valence electrons. The van der Waals surface area contributed by atoms with Crippen LogP contribution in [0.15, 0.2) is 48.5 Å². The monoisotopic (exact) mass is 405 g/mol. The van der Waals surface area contributed by atoms with E-state index in [1.54, 1.807) is 0 Å². The summed E-state index contributed by atoms with van der Waals surface area (Å²) in [5.74, 6) is 0.170. The summed E-state index contributed by atoms with van der Waals surface area (Å²) in [6, 6.07) is 16.6. The van der Waals surface area contributed by atoms with Gasteiger partial charge in [-0.15, -0.1) is 0 Å². The molecule has 2 aliphatic rings. The van der Waals surface area contributed by atoms with Crippen LogP contribution in [-0.4, -0.2) is 36.5 Å². The minimum absolute atomic E-state index is 0.100. The van der Waals surface area contributed by atoms with E-state index in [-0.39, 0.29) is 17.4 Å². The lowest BCUT2D eigenvalue weighted by molar-refractivity contribution is -0.132. The van der Waals surface area contributed by atoms with Crippen molar-refractivity contribution in [2.75, 3.05) is 19.6 Å². The number of carbonyl (C=O) groups is 2. The van der Waals surface area contributed by atoms with Crippen LogP contribution in [0.1, 0.15) is 47.9 Å². The van der Waals surface area contributed by atoms with Gasteiger partial charge in [0, 0.05) is 38.0 Å². The van der Waals surface area contributed by atoms with E-state index >= 15 is 0 Å². The van der Waals surface area contributed by atoms with Crippen molar-refractivity contribution in [3.05, 3.63) is 70.8 Å². The zero-order chi connectivity index (χ0) is 21.0. The lowest BCUT2D eigenvalue weighted by Gasteiger charge is -2.29. The molecule has 0 radical (unpaired) electrons. The number of nitrogens with one attached hydrogen (secondary N) is 2. The minimum Gasteiger partial charge on any atom is -0.338 e. The van der Waals surface area contributed by atoms with Crippen molar-refractivity contribution < 1.29 is 9.59 Å². The maximum absolute atomic E-state index is 12.5. The van der Waals surface area contributed by atoms with Gasteiger partial charge in [-0.25, -0.2) is 4.79 Å². The molecule has 0 unspecified atom stereocenters. The number of urea groups is 1. The molecular formula is C25H31N3O2. The standard InChI is InChI=1S/C25H31N3O2/c1-19-7-2-5-10-22(19)25(13-14-25)18-27-24(30)26-15-6-11-23(29)28-16-12-20-8-3-4-9-21(20)17-28/h2-5,7-10H,6,11-18H2,1H3,(H2,26,27,30). The molecule has 4 rings (SSSR count). The Morgan fingerprint density at radius 2 is 1.73 bits per heavy atom. The normalized spacial score (nSPS) is 16.5. The van der Waals surface area contributed by atoms with Crippen molar-refractivity contribution in [1.29, 1.82) is 0 Å². The van der Waals surface area contributed by atoms with Crippen molar-refractivity contribution >= 4 is 11.9 Å². The highest BCUT2D eigenvalue weighted by molar-refractivity contribution is 5.77. The molecule has 30 heavy (non-hydrogen) atoms. The predicted molar refractivity (Wildman–Crippen MR) is 118 cm³/mol. The van der Waals surface area contributed by atoms with Crippen molar-refractivity contribution in [2.24, 2.45) is 0 Å². The number of rotatable bonds is 7. The molecule has 2 aromatic rings. The molecule has 0 aromatic heterocycles. The number of hydrogen-bond acceptors (Lipinski definition) is 2. The average Bonchev–Trinajstić information content (AvgIpc) is 3.56. The Labute approximate surface area is 178 Å². The smallest absolute Gasteiger partial charge is 0.314 e. The highest BCUT2D eigenvalue weighted by Gasteiger charge is 2.45. The Kier molecular flexibility index (Phi) is 6.07. The Bertz CT molecular complexity index is 920. The van der Waals surface area contributed by atoms with Gasteiger partial charge in [0.1, 0.15) is 0 Å². The minimum atomic E-state index is -0.144. The van der Waals surface area contributed by atoms with E-state index in [2.05, 4.69) is 60.0 Å². The molecular weight excluding hydrogens is 374 g/mol. The maximum atomic E-state index is 12.5. The maximum Gasteiger partial charge on any atom is 0.314 e. The van der Waals surface area contributed by atoms with Crippen LogP contribution >= 0.6 is 0 Å². The summed E-state index contributed by atoms with van der Waals surface area (Å²) in [7, 11) is 0. The third-order valence-electron chi connectivity index (χ3n) is 6.49. The fourth-order valence-electron chi connectivity index (χ4n) is 4.48. The number of carbonyl (C=O) groups excluding carboxylic acids is 2. The molecule has 1 heterocycles. The lowest BCUT2D eigenvalue weighted by atomic mass is 9.92. The topological polar surface area (TPSA) is 61.4 Å². The van der Waals surface area contributed by atoms with Crippen LogP contribution in [0.2, 0.25) is 0 Å². The number of amides is 3. The van der Waals surface area contributed by atoms with E-state index in [1.807, 2.05) is 11.0 Å². The van der Waals surface area contributed by atoms with Crippen LogP contribution < -0.4 is 10.6 Å². The quantitative estimate of drug-likeness (QED) is 0.690. The van der Waals surface area contributed by atoms with E-state index in [0.717, 1.165) is 25.8 Å². The van der Waals surface area contributed by atoms with Crippen LogP contribution in [0.3, 0.4) is 0 Å². The number of hydrogen-bond donors (Lipinski definition) is 2. The molecule has 0 saturated heterocycles.